The Morgan fingerprint density at radius 2 is 1.75 bits per heavy atom. The fourth-order valence-electron chi connectivity index (χ4n) is 3.58. The highest BCUT2D eigenvalue weighted by atomic mass is 16.7. The third-order valence-corrected chi connectivity index (χ3v) is 4.71. The van der Waals surface area contributed by atoms with Gasteiger partial charge in [-0.1, -0.05) is 19.3 Å². The maximum atomic E-state index is 12.4. The molecule has 2 saturated heterocycles. The lowest BCUT2D eigenvalue weighted by atomic mass is 9.95. The molecule has 20 heavy (non-hydrogen) atoms. The van der Waals surface area contributed by atoms with Gasteiger partial charge in [-0.05, 0) is 25.7 Å². The minimum Gasteiger partial charge on any atom is -0.350 e. The molecule has 2 aliphatic heterocycles. The number of urea groups is 1. The lowest BCUT2D eigenvalue weighted by molar-refractivity contribution is -0.0963. The number of likely N-dealkylation sites (tertiary alicyclic amines) is 1. The van der Waals surface area contributed by atoms with Crippen LogP contribution in [0.15, 0.2) is 0 Å². The lowest BCUT2D eigenvalue weighted by Crippen LogP contribution is -2.50. The predicted molar refractivity (Wildman–Crippen MR) is 75.4 cm³/mol. The first-order valence-electron chi connectivity index (χ1n) is 8.11. The van der Waals surface area contributed by atoms with Crippen LogP contribution in [0.4, 0.5) is 4.79 Å². The van der Waals surface area contributed by atoms with Crippen molar-refractivity contribution in [1.82, 2.24) is 10.2 Å². The van der Waals surface area contributed by atoms with Gasteiger partial charge in [0.15, 0.2) is 6.29 Å². The van der Waals surface area contributed by atoms with E-state index in [-0.39, 0.29) is 12.3 Å². The van der Waals surface area contributed by atoms with Crippen molar-refractivity contribution < 1.29 is 14.3 Å². The van der Waals surface area contributed by atoms with Gasteiger partial charge in [-0.3, -0.25) is 0 Å². The molecule has 5 heteroatoms. The van der Waals surface area contributed by atoms with Crippen LogP contribution in [0.5, 0.6) is 0 Å². The molecule has 3 aliphatic rings. The summed E-state index contributed by atoms with van der Waals surface area (Å²) >= 11 is 0. The fourth-order valence-corrected chi connectivity index (χ4v) is 3.58. The smallest absolute Gasteiger partial charge is 0.317 e. The molecule has 5 nitrogen and oxygen atoms in total. The first-order valence-corrected chi connectivity index (χ1v) is 8.11. The van der Waals surface area contributed by atoms with Gasteiger partial charge in [-0.2, -0.15) is 0 Å². The number of nitrogens with zero attached hydrogens (tertiary/aromatic N) is 1. The molecule has 0 radical (unpaired) electrons. The largest absolute Gasteiger partial charge is 0.350 e. The van der Waals surface area contributed by atoms with Gasteiger partial charge in [0.1, 0.15) is 0 Å². The van der Waals surface area contributed by atoms with Crippen LogP contribution in [0.1, 0.15) is 44.9 Å². The molecule has 0 aromatic carbocycles. The summed E-state index contributed by atoms with van der Waals surface area (Å²) in [6.45, 7) is 3.01. The number of amides is 2. The zero-order valence-electron chi connectivity index (χ0n) is 12.2. The molecule has 0 aromatic heterocycles. The number of rotatable bonds is 2. The average Bonchev–Trinajstić information content (AvgIpc) is 3.03. The number of carbonyl (C=O) groups excluding carboxylic acids is 1. The Morgan fingerprint density at radius 3 is 2.50 bits per heavy atom. The molecule has 1 N–H and O–H groups in total. The highest BCUT2D eigenvalue weighted by Crippen LogP contribution is 2.25. The van der Waals surface area contributed by atoms with Crippen LogP contribution in [0, 0.1) is 5.92 Å². The van der Waals surface area contributed by atoms with E-state index in [0.29, 0.717) is 25.2 Å². The van der Waals surface area contributed by atoms with Crippen molar-refractivity contribution in [3.8, 4) is 0 Å². The second-order valence-corrected chi connectivity index (χ2v) is 6.24. The van der Waals surface area contributed by atoms with Gasteiger partial charge < -0.3 is 19.7 Å². The topological polar surface area (TPSA) is 50.8 Å². The van der Waals surface area contributed by atoms with Crippen LogP contribution in [-0.4, -0.2) is 49.6 Å². The predicted octanol–water partition coefficient (Wildman–Crippen LogP) is 2.11. The number of ether oxygens (including phenoxy) is 2. The van der Waals surface area contributed by atoms with Crippen molar-refractivity contribution in [1.29, 1.82) is 0 Å². The molecule has 3 fully saturated rings. The van der Waals surface area contributed by atoms with Gasteiger partial charge in [0.2, 0.25) is 0 Å². The molecule has 0 spiro atoms. The maximum absolute atomic E-state index is 12.4. The van der Waals surface area contributed by atoms with E-state index in [2.05, 4.69) is 5.32 Å². The fraction of sp³-hybridized carbons (Fsp3) is 0.933. The van der Waals surface area contributed by atoms with Gasteiger partial charge in [0, 0.05) is 25.0 Å². The van der Waals surface area contributed by atoms with Crippen molar-refractivity contribution in [2.24, 2.45) is 5.92 Å². The van der Waals surface area contributed by atoms with Crippen LogP contribution in [0.2, 0.25) is 0 Å². The number of hydrogen-bond donors (Lipinski definition) is 1. The minimum atomic E-state index is -0.0970. The molecule has 0 aromatic rings. The van der Waals surface area contributed by atoms with Crippen LogP contribution in [0.25, 0.3) is 0 Å². The van der Waals surface area contributed by atoms with E-state index in [1.54, 1.807) is 0 Å². The average molecular weight is 282 g/mol. The van der Waals surface area contributed by atoms with Crippen molar-refractivity contribution in [3.05, 3.63) is 0 Å². The van der Waals surface area contributed by atoms with Crippen LogP contribution < -0.4 is 5.32 Å². The summed E-state index contributed by atoms with van der Waals surface area (Å²) in [5, 5.41) is 3.21. The molecule has 2 amide bonds. The Bertz CT molecular complexity index is 325. The molecule has 1 unspecified atom stereocenters. The second kappa shape index (κ2) is 6.76. The van der Waals surface area contributed by atoms with E-state index in [1.807, 2.05) is 4.90 Å². The molecule has 3 rings (SSSR count). The Labute approximate surface area is 121 Å². The first-order chi connectivity index (χ1) is 9.83. The molecular weight excluding hydrogens is 256 g/mol. The molecule has 114 valence electrons. The van der Waals surface area contributed by atoms with E-state index in [9.17, 15) is 4.79 Å². The highest BCUT2D eigenvalue weighted by molar-refractivity contribution is 5.74. The Balaban J connectivity index is 1.49. The molecule has 2 heterocycles. The quantitative estimate of drug-likeness (QED) is 0.844. The summed E-state index contributed by atoms with van der Waals surface area (Å²) in [5.41, 5.74) is 0. The summed E-state index contributed by atoms with van der Waals surface area (Å²) in [6, 6.07) is 0.496. The highest BCUT2D eigenvalue weighted by Gasteiger charge is 2.33. The maximum Gasteiger partial charge on any atom is 0.317 e. The molecule has 1 atom stereocenters. The van der Waals surface area contributed by atoms with Crippen molar-refractivity contribution in [2.75, 3.05) is 26.3 Å². The summed E-state index contributed by atoms with van der Waals surface area (Å²) in [6.07, 6.45) is 8.13. The SMILES string of the molecule is O=C(NC1CCCCC1)N1CCCC(C2OCCO2)C1. The van der Waals surface area contributed by atoms with Crippen molar-refractivity contribution in [2.45, 2.75) is 57.3 Å². The van der Waals surface area contributed by atoms with E-state index in [1.165, 1.54) is 19.3 Å². The van der Waals surface area contributed by atoms with Crippen LogP contribution >= 0.6 is 0 Å². The summed E-state index contributed by atoms with van der Waals surface area (Å²) in [4.78, 5) is 14.3. The van der Waals surface area contributed by atoms with Crippen molar-refractivity contribution >= 4 is 6.03 Å². The Kier molecular flexibility index (Phi) is 4.78. The molecule has 1 aliphatic carbocycles. The van der Waals surface area contributed by atoms with Gasteiger partial charge in [0.05, 0.1) is 13.2 Å². The number of hydrogen-bond acceptors (Lipinski definition) is 3. The Morgan fingerprint density at radius 1 is 1.00 bits per heavy atom. The van der Waals surface area contributed by atoms with Crippen LogP contribution in [-0.2, 0) is 9.47 Å². The zero-order chi connectivity index (χ0) is 13.8. The van der Waals surface area contributed by atoms with Crippen LogP contribution in [0.3, 0.4) is 0 Å². The number of piperidine rings is 1. The number of nitrogens with one attached hydrogen (secondary N) is 1. The monoisotopic (exact) mass is 282 g/mol. The summed E-state index contributed by atoms with van der Waals surface area (Å²) in [5.74, 6) is 0.336. The standard InChI is InChI=1S/C15H26N2O3/c18-15(16-13-6-2-1-3-7-13)17-8-4-5-12(11-17)14-19-9-10-20-14/h12-14H,1-11H2,(H,16,18). The molecular formula is C15H26N2O3. The zero-order valence-corrected chi connectivity index (χ0v) is 12.2. The molecule has 1 saturated carbocycles. The van der Waals surface area contributed by atoms with E-state index >= 15 is 0 Å². The normalized spacial score (nSPS) is 29.6. The lowest BCUT2D eigenvalue weighted by Gasteiger charge is -2.36. The summed E-state index contributed by atoms with van der Waals surface area (Å²) in [7, 11) is 0. The van der Waals surface area contributed by atoms with Gasteiger partial charge in [0.25, 0.3) is 0 Å². The van der Waals surface area contributed by atoms with E-state index < -0.39 is 0 Å². The van der Waals surface area contributed by atoms with Gasteiger partial charge in [-0.25, -0.2) is 4.79 Å². The van der Waals surface area contributed by atoms with Crippen molar-refractivity contribution in [3.63, 3.8) is 0 Å². The minimum absolute atomic E-state index is 0.0970. The van der Waals surface area contributed by atoms with E-state index in [0.717, 1.165) is 38.8 Å². The molecule has 0 bridgehead atoms. The third-order valence-electron chi connectivity index (χ3n) is 4.71. The third kappa shape index (κ3) is 3.44. The van der Waals surface area contributed by atoms with Gasteiger partial charge in [-0.15, -0.1) is 0 Å². The van der Waals surface area contributed by atoms with Gasteiger partial charge >= 0.3 is 6.03 Å². The second-order valence-electron chi connectivity index (χ2n) is 6.24. The first kappa shape index (κ1) is 14.1. The number of carbonyl (C=O) groups is 1. The Hall–Kier alpha value is -0.810. The summed E-state index contributed by atoms with van der Waals surface area (Å²) < 4.78 is 11.2. The van der Waals surface area contributed by atoms with E-state index in [4.69, 9.17) is 9.47 Å².